The molecule has 0 saturated carbocycles. The minimum atomic E-state index is -0.0730. The van der Waals surface area contributed by atoms with E-state index in [1.807, 2.05) is 37.2 Å². The summed E-state index contributed by atoms with van der Waals surface area (Å²) in [5, 5.41) is 3.20. The average molecular weight is 339 g/mol. The Bertz CT molecular complexity index is 746. The topological polar surface area (TPSA) is 61.4 Å². The van der Waals surface area contributed by atoms with Crippen molar-refractivity contribution in [2.45, 2.75) is 25.8 Å². The van der Waals surface area contributed by atoms with Crippen molar-refractivity contribution >= 4 is 17.5 Å². The van der Waals surface area contributed by atoms with E-state index in [9.17, 15) is 4.79 Å². The van der Waals surface area contributed by atoms with Gasteiger partial charge in [-0.1, -0.05) is 18.2 Å². The molecule has 6 heteroatoms. The first kappa shape index (κ1) is 17.4. The molecule has 0 spiro atoms. The Hall–Kier alpha value is -2.47. The Labute approximate surface area is 148 Å². The van der Waals surface area contributed by atoms with Gasteiger partial charge in [0.1, 0.15) is 5.69 Å². The van der Waals surface area contributed by atoms with Crippen LogP contribution in [0, 0.1) is 0 Å². The molecule has 2 heterocycles. The minimum absolute atomic E-state index is 0.0730. The van der Waals surface area contributed by atoms with Crippen molar-refractivity contribution in [3.8, 4) is 0 Å². The van der Waals surface area contributed by atoms with E-state index in [4.69, 9.17) is 0 Å². The number of rotatable bonds is 6. The number of benzene rings is 1. The normalized spacial score (nSPS) is 16.2. The molecule has 0 bridgehead atoms. The summed E-state index contributed by atoms with van der Waals surface area (Å²) in [7, 11) is 4.09. The highest BCUT2D eigenvalue weighted by molar-refractivity contribution is 6.06. The van der Waals surface area contributed by atoms with E-state index in [-0.39, 0.29) is 11.9 Å². The molecule has 1 N–H and O–H groups in total. The number of carbonyl (C=O) groups is 1. The number of anilines is 2. The monoisotopic (exact) mass is 339 g/mol. The lowest BCUT2D eigenvalue weighted by atomic mass is 10.1. The van der Waals surface area contributed by atoms with Crippen molar-refractivity contribution in [1.82, 2.24) is 14.9 Å². The van der Waals surface area contributed by atoms with Crippen molar-refractivity contribution in [2.24, 2.45) is 0 Å². The molecule has 0 saturated heterocycles. The zero-order chi connectivity index (χ0) is 17.8. The molecule has 1 atom stereocenters. The highest BCUT2D eigenvalue weighted by atomic mass is 16.2. The Morgan fingerprint density at radius 3 is 2.92 bits per heavy atom. The molecule has 1 aliphatic rings. The van der Waals surface area contributed by atoms with E-state index >= 15 is 0 Å². The van der Waals surface area contributed by atoms with Gasteiger partial charge < -0.3 is 15.1 Å². The van der Waals surface area contributed by atoms with Crippen LogP contribution in [0.25, 0.3) is 0 Å². The van der Waals surface area contributed by atoms with Crippen LogP contribution in [0.2, 0.25) is 0 Å². The van der Waals surface area contributed by atoms with E-state index in [1.54, 1.807) is 12.3 Å². The number of aromatic nitrogens is 2. The second kappa shape index (κ2) is 7.61. The summed E-state index contributed by atoms with van der Waals surface area (Å²) in [4.78, 5) is 25.6. The lowest BCUT2D eigenvalue weighted by Crippen LogP contribution is -2.36. The Balaban J connectivity index is 1.71. The molecular weight excluding hydrogens is 314 g/mol. The van der Waals surface area contributed by atoms with Gasteiger partial charge in [-0.3, -0.25) is 4.79 Å². The number of fused-ring (bicyclic) bond motifs is 1. The zero-order valence-electron chi connectivity index (χ0n) is 15.1. The van der Waals surface area contributed by atoms with Gasteiger partial charge in [0.2, 0.25) is 5.95 Å². The molecule has 3 rings (SSSR count). The molecule has 1 aliphatic heterocycles. The van der Waals surface area contributed by atoms with Gasteiger partial charge in [-0.15, -0.1) is 0 Å². The first-order valence-electron chi connectivity index (χ1n) is 8.69. The summed E-state index contributed by atoms with van der Waals surface area (Å²) in [5.74, 6) is 0.431. The lowest BCUT2D eigenvalue weighted by molar-refractivity contribution is 0.0976. The van der Waals surface area contributed by atoms with Crippen molar-refractivity contribution in [2.75, 3.05) is 37.4 Å². The Morgan fingerprint density at radius 2 is 2.12 bits per heavy atom. The number of nitrogens with zero attached hydrogens (tertiary/aromatic N) is 4. The maximum absolute atomic E-state index is 13.0. The van der Waals surface area contributed by atoms with Gasteiger partial charge in [0.25, 0.3) is 5.91 Å². The molecule has 0 radical (unpaired) electrons. The summed E-state index contributed by atoms with van der Waals surface area (Å²) in [5.41, 5.74) is 2.62. The quantitative estimate of drug-likeness (QED) is 0.819. The van der Waals surface area contributed by atoms with Crippen LogP contribution in [-0.2, 0) is 6.42 Å². The van der Waals surface area contributed by atoms with Crippen LogP contribution in [-0.4, -0.2) is 54.0 Å². The van der Waals surface area contributed by atoms with Crippen LogP contribution in [0.3, 0.4) is 0 Å². The maximum Gasteiger partial charge on any atom is 0.277 e. The Kier molecular flexibility index (Phi) is 5.28. The summed E-state index contributed by atoms with van der Waals surface area (Å²) >= 11 is 0. The molecule has 6 nitrogen and oxygen atoms in total. The molecule has 0 fully saturated rings. The second-order valence-electron chi connectivity index (χ2n) is 6.71. The fourth-order valence-corrected chi connectivity index (χ4v) is 3.16. The van der Waals surface area contributed by atoms with Gasteiger partial charge in [0.05, 0.1) is 0 Å². The predicted molar refractivity (Wildman–Crippen MR) is 100 cm³/mol. The number of para-hydroxylation sites is 1. The summed E-state index contributed by atoms with van der Waals surface area (Å²) in [6, 6.07) is 9.88. The van der Waals surface area contributed by atoms with Gasteiger partial charge in [-0.2, -0.15) is 0 Å². The van der Waals surface area contributed by atoms with E-state index < -0.39 is 0 Å². The van der Waals surface area contributed by atoms with Gasteiger partial charge in [-0.05, 0) is 58.1 Å². The molecule has 1 aromatic carbocycles. The van der Waals surface area contributed by atoms with Crippen LogP contribution in [0.4, 0.5) is 11.6 Å². The standard InChI is InChI=1S/C19H25N5O/c1-14-13-15-7-4-5-8-17(15)24(14)18(25)16-9-11-21-19(22-16)20-10-6-12-23(2)3/h4-5,7-9,11,14H,6,10,12-13H2,1-3H3,(H,20,21,22). The third kappa shape index (κ3) is 3.96. The van der Waals surface area contributed by atoms with Crippen LogP contribution < -0.4 is 10.2 Å². The van der Waals surface area contributed by atoms with Crippen molar-refractivity contribution in [3.63, 3.8) is 0 Å². The van der Waals surface area contributed by atoms with E-state index in [2.05, 4.69) is 33.2 Å². The first-order valence-corrected chi connectivity index (χ1v) is 8.69. The fraction of sp³-hybridized carbons (Fsp3) is 0.421. The highest BCUT2D eigenvalue weighted by Gasteiger charge is 2.31. The van der Waals surface area contributed by atoms with Crippen LogP contribution in [0.1, 0.15) is 29.4 Å². The first-order chi connectivity index (χ1) is 12.1. The lowest BCUT2D eigenvalue weighted by Gasteiger charge is -2.22. The predicted octanol–water partition coefficient (Wildman–Crippen LogP) is 2.43. The van der Waals surface area contributed by atoms with Crippen molar-refractivity contribution in [1.29, 1.82) is 0 Å². The third-order valence-corrected chi connectivity index (χ3v) is 4.37. The van der Waals surface area contributed by atoms with Crippen molar-refractivity contribution in [3.05, 3.63) is 47.8 Å². The number of carbonyl (C=O) groups excluding carboxylic acids is 1. The smallest absolute Gasteiger partial charge is 0.277 e. The summed E-state index contributed by atoms with van der Waals surface area (Å²) in [6.07, 6.45) is 3.51. The number of nitrogens with one attached hydrogen (secondary N) is 1. The number of hydrogen-bond donors (Lipinski definition) is 1. The van der Waals surface area contributed by atoms with Gasteiger partial charge >= 0.3 is 0 Å². The van der Waals surface area contributed by atoms with E-state index in [0.29, 0.717) is 11.6 Å². The molecule has 132 valence electrons. The van der Waals surface area contributed by atoms with Crippen LogP contribution in [0.5, 0.6) is 0 Å². The fourth-order valence-electron chi connectivity index (χ4n) is 3.16. The molecule has 25 heavy (non-hydrogen) atoms. The third-order valence-electron chi connectivity index (χ3n) is 4.37. The summed E-state index contributed by atoms with van der Waals surface area (Å²) in [6.45, 7) is 3.84. The SMILES string of the molecule is CC1Cc2ccccc2N1C(=O)c1ccnc(NCCCN(C)C)n1. The number of hydrogen-bond acceptors (Lipinski definition) is 5. The molecular formula is C19H25N5O. The van der Waals surface area contributed by atoms with Crippen LogP contribution in [0.15, 0.2) is 36.5 Å². The second-order valence-corrected chi connectivity index (χ2v) is 6.71. The molecule has 1 amide bonds. The largest absolute Gasteiger partial charge is 0.354 e. The highest BCUT2D eigenvalue weighted by Crippen LogP contribution is 2.32. The van der Waals surface area contributed by atoms with Gasteiger partial charge in [-0.25, -0.2) is 9.97 Å². The zero-order valence-corrected chi connectivity index (χ0v) is 15.1. The van der Waals surface area contributed by atoms with Crippen LogP contribution >= 0.6 is 0 Å². The minimum Gasteiger partial charge on any atom is -0.354 e. The maximum atomic E-state index is 13.0. The van der Waals surface area contributed by atoms with Gasteiger partial charge in [0.15, 0.2) is 0 Å². The molecule has 0 aliphatic carbocycles. The number of amides is 1. The molecule has 1 aromatic heterocycles. The van der Waals surface area contributed by atoms with Gasteiger partial charge in [0, 0.05) is 24.5 Å². The van der Waals surface area contributed by atoms with Crippen molar-refractivity contribution < 1.29 is 4.79 Å². The van der Waals surface area contributed by atoms with E-state index in [1.165, 1.54) is 5.56 Å². The van der Waals surface area contributed by atoms with E-state index in [0.717, 1.165) is 31.6 Å². The average Bonchev–Trinajstić information content (AvgIpc) is 2.94. The molecule has 2 aromatic rings. The Morgan fingerprint density at radius 1 is 1.32 bits per heavy atom. The molecule has 1 unspecified atom stereocenters. The summed E-state index contributed by atoms with van der Waals surface area (Å²) < 4.78 is 0.